The predicted octanol–water partition coefficient (Wildman–Crippen LogP) is 5.93. The van der Waals surface area contributed by atoms with Gasteiger partial charge in [-0.25, -0.2) is 0 Å². The molecular weight excluding hydrogens is 332 g/mol. The zero-order valence-electron chi connectivity index (χ0n) is 18.4. The van der Waals surface area contributed by atoms with Crippen molar-refractivity contribution in [3.8, 4) is 11.8 Å². The Kier molecular flexibility index (Phi) is 10.4. The Balaban J connectivity index is 0.00000243. The van der Waals surface area contributed by atoms with Crippen LogP contribution in [-0.4, -0.2) is 11.0 Å². The minimum atomic E-state index is 0. The van der Waals surface area contributed by atoms with Crippen molar-refractivity contribution in [1.29, 1.82) is 0 Å². The molecule has 2 nitrogen and oxygen atoms in total. The number of rotatable bonds is 2. The molecule has 2 heteroatoms. The normalized spacial score (nSPS) is 42.1. The van der Waals surface area contributed by atoms with E-state index in [4.69, 9.17) is 0 Å². The summed E-state index contributed by atoms with van der Waals surface area (Å²) in [6.07, 6.45) is 15.9. The van der Waals surface area contributed by atoms with E-state index in [0.717, 1.165) is 35.5 Å². The minimum absolute atomic E-state index is 0. The lowest BCUT2D eigenvalue weighted by atomic mass is 9.70. The van der Waals surface area contributed by atoms with Gasteiger partial charge in [-0.3, -0.25) is 0 Å². The topological polar surface area (TPSA) is 63.0 Å². The summed E-state index contributed by atoms with van der Waals surface area (Å²) in [5, 5.41) is 0. The highest BCUT2D eigenvalue weighted by Crippen LogP contribution is 2.39. The van der Waals surface area contributed by atoms with E-state index in [9.17, 15) is 0 Å². The average molecular weight is 381 g/mol. The molecule has 0 spiro atoms. The highest BCUT2D eigenvalue weighted by Gasteiger charge is 2.29. The molecular formula is C25H48O2. The van der Waals surface area contributed by atoms with Crippen LogP contribution in [0.2, 0.25) is 0 Å². The Morgan fingerprint density at radius 2 is 1.07 bits per heavy atom. The molecule has 2 unspecified atom stereocenters. The summed E-state index contributed by atoms with van der Waals surface area (Å²) in [5.41, 5.74) is 0. The maximum atomic E-state index is 3.73. The van der Waals surface area contributed by atoms with Crippen molar-refractivity contribution in [3.05, 3.63) is 0 Å². The van der Waals surface area contributed by atoms with Crippen molar-refractivity contribution in [2.45, 2.75) is 98.3 Å². The zero-order chi connectivity index (χ0) is 17.8. The molecule has 3 fully saturated rings. The first-order chi connectivity index (χ1) is 12.0. The molecule has 2 atom stereocenters. The largest absolute Gasteiger partial charge is 0.412 e. The molecule has 0 aliphatic heterocycles. The van der Waals surface area contributed by atoms with Gasteiger partial charge in [-0.15, -0.1) is 0 Å². The fourth-order valence-electron chi connectivity index (χ4n) is 5.92. The van der Waals surface area contributed by atoms with Gasteiger partial charge in [0.25, 0.3) is 0 Å². The minimum Gasteiger partial charge on any atom is -0.412 e. The monoisotopic (exact) mass is 380 g/mol. The Morgan fingerprint density at radius 3 is 1.59 bits per heavy atom. The molecule has 0 bridgehead atoms. The maximum absolute atomic E-state index is 3.73. The molecule has 0 aromatic rings. The third-order valence-corrected chi connectivity index (χ3v) is 8.25. The third kappa shape index (κ3) is 7.10. The van der Waals surface area contributed by atoms with Gasteiger partial charge < -0.3 is 11.0 Å². The van der Waals surface area contributed by atoms with Crippen LogP contribution in [0.5, 0.6) is 0 Å². The highest BCUT2D eigenvalue weighted by atomic mass is 16.0. The molecule has 160 valence electrons. The van der Waals surface area contributed by atoms with Crippen LogP contribution in [0.25, 0.3) is 0 Å². The van der Waals surface area contributed by atoms with Crippen LogP contribution in [0.15, 0.2) is 0 Å². The SMILES string of the molecule is CC1CCC(CC2CCC(C#CC3CC(C)C(C)C(C)C3)CC2)CC1.O.O.[HH]. The van der Waals surface area contributed by atoms with Crippen LogP contribution >= 0.6 is 0 Å². The molecule has 3 rings (SSSR count). The summed E-state index contributed by atoms with van der Waals surface area (Å²) in [6.45, 7) is 9.75. The lowest BCUT2D eigenvalue weighted by molar-refractivity contribution is 0.167. The van der Waals surface area contributed by atoms with Gasteiger partial charge in [0.1, 0.15) is 0 Å². The van der Waals surface area contributed by atoms with E-state index in [0.29, 0.717) is 11.8 Å². The lowest BCUT2D eigenvalue weighted by Gasteiger charge is -2.35. The fourth-order valence-corrected chi connectivity index (χ4v) is 5.92. The quantitative estimate of drug-likeness (QED) is 0.533. The first-order valence-corrected chi connectivity index (χ1v) is 11.5. The summed E-state index contributed by atoms with van der Waals surface area (Å²) >= 11 is 0. The smallest absolute Gasteiger partial charge is 0.0208 e. The van der Waals surface area contributed by atoms with Crippen LogP contribution in [0.4, 0.5) is 0 Å². The summed E-state index contributed by atoms with van der Waals surface area (Å²) in [7, 11) is 0. The summed E-state index contributed by atoms with van der Waals surface area (Å²) in [5.74, 6) is 14.5. The summed E-state index contributed by atoms with van der Waals surface area (Å²) < 4.78 is 0. The Hall–Kier alpha value is -0.520. The first-order valence-electron chi connectivity index (χ1n) is 11.5. The molecule has 3 aliphatic carbocycles. The Labute approximate surface area is 170 Å². The van der Waals surface area contributed by atoms with E-state index in [-0.39, 0.29) is 12.4 Å². The molecule has 0 aromatic heterocycles. The van der Waals surface area contributed by atoms with Crippen molar-refractivity contribution in [1.82, 2.24) is 0 Å². The predicted molar refractivity (Wildman–Crippen MR) is 119 cm³/mol. The van der Waals surface area contributed by atoms with Gasteiger partial charge in [0, 0.05) is 13.3 Å². The van der Waals surface area contributed by atoms with Crippen LogP contribution in [-0.2, 0) is 0 Å². The van der Waals surface area contributed by atoms with Crippen LogP contribution in [0.1, 0.15) is 99.8 Å². The van der Waals surface area contributed by atoms with E-state index in [1.807, 2.05) is 0 Å². The van der Waals surface area contributed by atoms with E-state index < -0.39 is 0 Å². The van der Waals surface area contributed by atoms with E-state index in [1.165, 1.54) is 70.6 Å². The molecule has 0 aromatic carbocycles. The highest BCUT2D eigenvalue weighted by molar-refractivity contribution is 5.10. The molecule has 3 aliphatic rings. The second-order valence-electron chi connectivity index (χ2n) is 10.3. The second-order valence-corrected chi connectivity index (χ2v) is 10.3. The molecule has 27 heavy (non-hydrogen) atoms. The van der Waals surface area contributed by atoms with Crippen molar-refractivity contribution in [2.75, 3.05) is 0 Å². The van der Waals surface area contributed by atoms with Crippen molar-refractivity contribution in [3.63, 3.8) is 0 Å². The van der Waals surface area contributed by atoms with E-state index in [2.05, 4.69) is 39.5 Å². The van der Waals surface area contributed by atoms with Crippen molar-refractivity contribution < 1.29 is 12.4 Å². The Bertz CT molecular complexity index is 455. The van der Waals surface area contributed by atoms with Crippen molar-refractivity contribution in [2.24, 2.45) is 47.3 Å². The Morgan fingerprint density at radius 1 is 0.630 bits per heavy atom. The fraction of sp³-hybridized carbons (Fsp3) is 0.920. The van der Waals surface area contributed by atoms with Crippen LogP contribution < -0.4 is 0 Å². The van der Waals surface area contributed by atoms with E-state index in [1.54, 1.807) is 0 Å². The van der Waals surface area contributed by atoms with Gasteiger partial charge in [-0.05, 0) is 80.5 Å². The molecule has 0 saturated heterocycles. The molecule has 3 saturated carbocycles. The van der Waals surface area contributed by atoms with E-state index >= 15 is 0 Å². The van der Waals surface area contributed by atoms with Crippen LogP contribution in [0.3, 0.4) is 0 Å². The van der Waals surface area contributed by atoms with Gasteiger partial charge in [-0.2, -0.15) is 0 Å². The summed E-state index contributed by atoms with van der Waals surface area (Å²) in [6, 6.07) is 0. The molecule has 0 heterocycles. The van der Waals surface area contributed by atoms with Gasteiger partial charge in [0.05, 0.1) is 0 Å². The van der Waals surface area contributed by atoms with Crippen molar-refractivity contribution >= 4 is 0 Å². The first kappa shape index (κ1) is 24.5. The zero-order valence-corrected chi connectivity index (χ0v) is 18.4. The van der Waals surface area contributed by atoms with Gasteiger partial charge in [0.15, 0.2) is 0 Å². The van der Waals surface area contributed by atoms with Gasteiger partial charge in [0.2, 0.25) is 0 Å². The average Bonchev–Trinajstić information content (AvgIpc) is 2.61. The van der Waals surface area contributed by atoms with Gasteiger partial charge in [-0.1, -0.05) is 65.2 Å². The number of hydrogen-bond acceptors (Lipinski definition) is 0. The molecule has 0 radical (unpaired) electrons. The van der Waals surface area contributed by atoms with Crippen LogP contribution in [0, 0.1) is 59.2 Å². The molecule has 0 amide bonds. The molecule has 4 N–H and O–H groups in total. The maximum Gasteiger partial charge on any atom is 0.0208 e. The number of hydrogen-bond donors (Lipinski definition) is 0. The van der Waals surface area contributed by atoms with Gasteiger partial charge >= 0.3 is 0 Å². The summed E-state index contributed by atoms with van der Waals surface area (Å²) in [4.78, 5) is 0. The lowest BCUT2D eigenvalue weighted by Crippen LogP contribution is -2.27. The second kappa shape index (κ2) is 11.5. The standard InChI is InChI=1S/C25H42.2H2O.H2/c1-18-5-7-23(8-6-18)17-24-12-9-22(10-13-24)11-14-25-15-19(2)21(4)20(3)16-25;;;/h18-25H,5-10,12-13,15-17H2,1-4H3;2*1H2;1H. The third-order valence-electron chi connectivity index (χ3n) is 8.25.